The van der Waals surface area contributed by atoms with E-state index in [4.69, 9.17) is 0 Å². The summed E-state index contributed by atoms with van der Waals surface area (Å²) in [5, 5.41) is 12.5. The fourth-order valence-electron chi connectivity index (χ4n) is 1.74. The summed E-state index contributed by atoms with van der Waals surface area (Å²) in [6.07, 6.45) is 3.75. The van der Waals surface area contributed by atoms with Crippen molar-refractivity contribution in [2.75, 3.05) is 33.2 Å². The predicted octanol–water partition coefficient (Wildman–Crippen LogP) is 0.0526. The van der Waals surface area contributed by atoms with E-state index in [2.05, 4.69) is 10.2 Å². The molecule has 0 aromatic carbocycles. The molecule has 0 bridgehead atoms. The number of hydrogen-bond acceptors (Lipinski definition) is 3. The van der Waals surface area contributed by atoms with Gasteiger partial charge >= 0.3 is 0 Å². The summed E-state index contributed by atoms with van der Waals surface area (Å²) >= 11 is 0. The van der Waals surface area contributed by atoms with Gasteiger partial charge in [0.15, 0.2) is 0 Å². The molecule has 0 spiro atoms. The number of β-amino-alcohol motifs (C(OH)–C–C–N with tert-alkyl or cyclic N) is 1. The number of aliphatic hydroxyl groups excluding tert-OH is 1. The van der Waals surface area contributed by atoms with E-state index >= 15 is 0 Å². The monoisotopic (exact) mass is 172 g/mol. The molecule has 12 heavy (non-hydrogen) atoms. The van der Waals surface area contributed by atoms with Gasteiger partial charge in [0, 0.05) is 13.1 Å². The molecule has 1 heterocycles. The summed E-state index contributed by atoms with van der Waals surface area (Å²) in [7, 11) is 1.87. The molecular weight excluding hydrogens is 152 g/mol. The first kappa shape index (κ1) is 9.96. The number of likely N-dealkylation sites (N-methyl/N-ethyl adjacent to an activating group) is 1. The Morgan fingerprint density at radius 1 is 1.33 bits per heavy atom. The first-order valence-electron chi connectivity index (χ1n) is 4.88. The zero-order valence-corrected chi connectivity index (χ0v) is 7.92. The van der Waals surface area contributed by atoms with Gasteiger partial charge < -0.3 is 15.3 Å². The number of piperidine rings is 1. The first-order valence-corrected chi connectivity index (χ1v) is 4.88. The summed E-state index contributed by atoms with van der Waals surface area (Å²) in [5.41, 5.74) is 0. The van der Waals surface area contributed by atoms with Crippen LogP contribution >= 0.6 is 0 Å². The lowest BCUT2D eigenvalue weighted by atomic mass is 10.1. The Morgan fingerprint density at radius 2 is 2.00 bits per heavy atom. The molecule has 3 heteroatoms. The van der Waals surface area contributed by atoms with E-state index in [1.54, 1.807) is 0 Å². The number of nitrogens with one attached hydrogen (secondary N) is 1. The molecule has 3 nitrogen and oxygen atoms in total. The van der Waals surface area contributed by atoms with Gasteiger partial charge in [-0.2, -0.15) is 0 Å². The third-order valence-electron chi connectivity index (χ3n) is 2.36. The van der Waals surface area contributed by atoms with E-state index in [1.807, 2.05) is 7.05 Å². The zero-order chi connectivity index (χ0) is 8.81. The van der Waals surface area contributed by atoms with Crippen molar-refractivity contribution in [1.29, 1.82) is 0 Å². The molecule has 0 saturated carbocycles. The van der Waals surface area contributed by atoms with Crippen LogP contribution in [0.25, 0.3) is 0 Å². The lowest BCUT2D eigenvalue weighted by Crippen LogP contribution is -2.39. The largest absolute Gasteiger partial charge is 0.390 e. The van der Waals surface area contributed by atoms with Crippen molar-refractivity contribution in [1.82, 2.24) is 10.2 Å². The second kappa shape index (κ2) is 5.51. The molecule has 0 radical (unpaired) electrons. The summed E-state index contributed by atoms with van der Waals surface area (Å²) in [5.74, 6) is 0. The SMILES string of the molecule is CNCC(O)CN1CCCCC1. The zero-order valence-electron chi connectivity index (χ0n) is 7.92. The molecule has 1 rings (SSSR count). The van der Waals surface area contributed by atoms with E-state index in [-0.39, 0.29) is 6.10 Å². The van der Waals surface area contributed by atoms with E-state index < -0.39 is 0 Å². The third-order valence-corrected chi connectivity index (χ3v) is 2.36. The van der Waals surface area contributed by atoms with Crippen molar-refractivity contribution in [3.63, 3.8) is 0 Å². The second-order valence-electron chi connectivity index (χ2n) is 3.57. The Morgan fingerprint density at radius 3 is 2.58 bits per heavy atom. The lowest BCUT2D eigenvalue weighted by molar-refractivity contribution is 0.102. The Kier molecular flexibility index (Phi) is 4.58. The van der Waals surface area contributed by atoms with Crippen LogP contribution < -0.4 is 5.32 Å². The number of hydrogen-bond donors (Lipinski definition) is 2. The van der Waals surface area contributed by atoms with Gasteiger partial charge in [-0.1, -0.05) is 6.42 Å². The van der Waals surface area contributed by atoms with Gasteiger partial charge in [-0.05, 0) is 33.0 Å². The first-order chi connectivity index (χ1) is 5.83. The van der Waals surface area contributed by atoms with Gasteiger partial charge in [0.05, 0.1) is 6.10 Å². The molecule has 72 valence electrons. The number of likely N-dealkylation sites (tertiary alicyclic amines) is 1. The van der Waals surface area contributed by atoms with Crippen LogP contribution in [0.4, 0.5) is 0 Å². The van der Waals surface area contributed by atoms with Gasteiger partial charge in [0.25, 0.3) is 0 Å². The minimum Gasteiger partial charge on any atom is -0.390 e. The van der Waals surface area contributed by atoms with E-state index in [1.165, 1.54) is 32.4 Å². The van der Waals surface area contributed by atoms with Gasteiger partial charge in [0.2, 0.25) is 0 Å². The van der Waals surface area contributed by atoms with Crippen LogP contribution in [-0.4, -0.2) is 49.3 Å². The molecule has 1 unspecified atom stereocenters. The Hall–Kier alpha value is -0.120. The Labute approximate surface area is 74.8 Å². The maximum atomic E-state index is 9.50. The topological polar surface area (TPSA) is 35.5 Å². The molecule has 1 fully saturated rings. The standard InChI is InChI=1S/C9H20N2O/c1-10-7-9(12)8-11-5-3-2-4-6-11/h9-10,12H,2-8H2,1H3. The fourth-order valence-corrected chi connectivity index (χ4v) is 1.74. The number of rotatable bonds is 4. The summed E-state index contributed by atoms with van der Waals surface area (Å²) in [6, 6.07) is 0. The molecule has 0 aliphatic carbocycles. The van der Waals surface area contributed by atoms with Crippen molar-refractivity contribution < 1.29 is 5.11 Å². The van der Waals surface area contributed by atoms with Crippen LogP contribution in [0.15, 0.2) is 0 Å². The highest BCUT2D eigenvalue weighted by molar-refractivity contribution is 4.69. The summed E-state index contributed by atoms with van der Waals surface area (Å²) < 4.78 is 0. The molecule has 1 saturated heterocycles. The summed E-state index contributed by atoms with van der Waals surface area (Å²) in [4.78, 5) is 2.35. The number of nitrogens with zero attached hydrogens (tertiary/aromatic N) is 1. The summed E-state index contributed by atoms with van der Waals surface area (Å²) in [6.45, 7) is 3.87. The van der Waals surface area contributed by atoms with Crippen molar-refractivity contribution in [3.8, 4) is 0 Å². The maximum Gasteiger partial charge on any atom is 0.0791 e. The minimum absolute atomic E-state index is 0.201. The smallest absolute Gasteiger partial charge is 0.0791 e. The van der Waals surface area contributed by atoms with Crippen LogP contribution in [0.1, 0.15) is 19.3 Å². The van der Waals surface area contributed by atoms with E-state index in [9.17, 15) is 5.11 Å². The molecule has 1 atom stereocenters. The van der Waals surface area contributed by atoms with Gasteiger partial charge in [-0.3, -0.25) is 0 Å². The Balaban J connectivity index is 2.11. The van der Waals surface area contributed by atoms with Crippen LogP contribution in [0.3, 0.4) is 0 Å². The Bertz CT molecular complexity index is 113. The minimum atomic E-state index is -0.201. The van der Waals surface area contributed by atoms with Crippen LogP contribution in [0, 0.1) is 0 Å². The van der Waals surface area contributed by atoms with Gasteiger partial charge in [0.1, 0.15) is 0 Å². The van der Waals surface area contributed by atoms with E-state index in [0.29, 0.717) is 6.54 Å². The quantitative estimate of drug-likeness (QED) is 0.629. The molecule has 0 amide bonds. The van der Waals surface area contributed by atoms with Crippen molar-refractivity contribution in [2.45, 2.75) is 25.4 Å². The van der Waals surface area contributed by atoms with Crippen LogP contribution in [-0.2, 0) is 0 Å². The number of aliphatic hydroxyl groups is 1. The van der Waals surface area contributed by atoms with Gasteiger partial charge in [-0.25, -0.2) is 0 Å². The molecule has 1 aliphatic heterocycles. The average Bonchev–Trinajstić information content (AvgIpc) is 2.06. The highest BCUT2D eigenvalue weighted by Gasteiger charge is 2.13. The highest BCUT2D eigenvalue weighted by atomic mass is 16.3. The van der Waals surface area contributed by atoms with Crippen LogP contribution in [0.5, 0.6) is 0 Å². The van der Waals surface area contributed by atoms with Crippen molar-refractivity contribution >= 4 is 0 Å². The third kappa shape index (κ3) is 3.52. The highest BCUT2D eigenvalue weighted by Crippen LogP contribution is 2.08. The van der Waals surface area contributed by atoms with Crippen LogP contribution in [0.2, 0.25) is 0 Å². The molecular formula is C9H20N2O. The maximum absolute atomic E-state index is 9.50. The molecule has 0 aromatic rings. The molecule has 1 aliphatic rings. The lowest BCUT2D eigenvalue weighted by Gasteiger charge is -2.28. The molecule has 0 aromatic heterocycles. The average molecular weight is 172 g/mol. The predicted molar refractivity (Wildman–Crippen MR) is 50.2 cm³/mol. The van der Waals surface area contributed by atoms with Gasteiger partial charge in [-0.15, -0.1) is 0 Å². The fraction of sp³-hybridized carbons (Fsp3) is 1.00. The van der Waals surface area contributed by atoms with Crippen molar-refractivity contribution in [2.24, 2.45) is 0 Å². The van der Waals surface area contributed by atoms with Crippen molar-refractivity contribution in [3.05, 3.63) is 0 Å². The second-order valence-corrected chi connectivity index (χ2v) is 3.57. The molecule has 2 N–H and O–H groups in total. The normalized spacial score (nSPS) is 22.5. The van der Waals surface area contributed by atoms with E-state index in [0.717, 1.165) is 6.54 Å².